The van der Waals surface area contributed by atoms with Crippen LogP contribution in [-0.4, -0.2) is 49.9 Å². The highest BCUT2D eigenvalue weighted by Gasteiger charge is 2.18. The molecule has 1 aromatic rings. The van der Waals surface area contributed by atoms with Gasteiger partial charge in [-0.3, -0.25) is 9.59 Å². The minimum absolute atomic E-state index is 0.0472. The number of nitrogens with zero attached hydrogens (tertiary/aromatic N) is 1. The molecule has 0 bridgehead atoms. The summed E-state index contributed by atoms with van der Waals surface area (Å²) in [5.41, 5.74) is 0.516. The molecule has 1 saturated heterocycles. The Morgan fingerprint density at radius 2 is 2.09 bits per heavy atom. The van der Waals surface area contributed by atoms with Crippen molar-refractivity contribution in [3.63, 3.8) is 0 Å². The first-order valence-corrected chi connectivity index (χ1v) is 8.26. The molecule has 0 radical (unpaired) electrons. The number of ketones is 1. The third-order valence-electron chi connectivity index (χ3n) is 3.72. The molecule has 6 heteroatoms. The van der Waals surface area contributed by atoms with E-state index >= 15 is 0 Å². The van der Waals surface area contributed by atoms with Gasteiger partial charge < -0.3 is 15.0 Å². The van der Waals surface area contributed by atoms with Crippen LogP contribution in [0.15, 0.2) is 22.7 Å². The van der Waals surface area contributed by atoms with Crippen molar-refractivity contribution in [1.82, 2.24) is 10.2 Å². The molecule has 1 aromatic carbocycles. The van der Waals surface area contributed by atoms with Crippen LogP contribution < -0.4 is 10.1 Å². The van der Waals surface area contributed by atoms with Gasteiger partial charge in [0.1, 0.15) is 5.75 Å². The summed E-state index contributed by atoms with van der Waals surface area (Å²) in [4.78, 5) is 26.4. The van der Waals surface area contributed by atoms with Crippen LogP contribution in [0.4, 0.5) is 0 Å². The highest BCUT2D eigenvalue weighted by atomic mass is 79.9. The number of hydrogen-bond donors (Lipinski definition) is 1. The van der Waals surface area contributed by atoms with E-state index in [0.29, 0.717) is 17.9 Å². The van der Waals surface area contributed by atoms with Crippen molar-refractivity contribution in [3.05, 3.63) is 28.2 Å². The number of carbonyl (C=O) groups is 2. The number of carbonyl (C=O) groups excluding carboxylic acids is 2. The van der Waals surface area contributed by atoms with Crippen LogP contribution in [0.1, 0.15) is 29.6 Å². The molecule has 0 aromatic heterocycles. The number of hydrogen-bond acceptors (Lipinski definition) is 4. The number of Topliss-reactive ketones (excluding diaryl/α,β-unsaturated/α-hetero) is 1. The molecule has 22 heavy (non-hydrogen) atoms. The average molecular weight is 369 g/mol. The lowest BCUT2D eigenvalue weighted by atomic mass is 10.1. The molecule has 0 unspecified atom stereocenters. The Morgan fingerprint density at radius 1 is 1.27 bits per heavy atom. The van der Waals surface area contributed by atoms with Gasteiger partial charge in [0.2, 0.25) is 5.91 Å². The normalized spacial score (nSPS) is 15.3. The summed E-state index contributed by atoms with van der Waals surface area (Å²) in [5, 5.41) is 3.26. The standard InChI is InChI=1S/C16H21BrN2O3/c1-22-15-5-3-12(17)11-13(15)14(20)4-6-16(21)19-9-2-7-18-8-10-19/h3,5,11,18H,2,4,6-10H2,1H3. The predicted molar refractivity (Wildman–Crippen MR) is 88.3 cm³/mol. The molecule has 1 fully saturated rings. The summed E-state index contributed by atoms with van der Waals surface area (Å²) in [5.74, 6) is 0.519. The maximum absolute atomic E-state index is 12.3. The number of ether oxygens (including phenoxy) is 1. The van der Waals surface area contributed by atoms with E-state index < -0.39 is 0 Å². The quantitative estimate of drug-likeness (QED) is 0.809. The van der Waals surface area contributed by atoms with Crippen molar-refractivity contribution >= 4 is 27.6 Å². The van der Waals surface area contributed by atoms with Crippen molar-refractivity contribution in [2.45, 2.75) is 19.3 Å². The SMILES string of the molecule is COc1ccc(Br)cc1C(=O)CCC(=O)N1CCCNCC1. The van der Waals surface area contributed by atoms with Gasteiger partial charge in [-0.2, -0.15) is 0 Å². The number of methoxy groups -OCH3 is 1. The number of benzene rings is 1. The first-order chi connectivity index (χ1) is 10.6. The van der Waals surface area contributed by atoms with Crippen molar-refractivity contribution in [3.8, 4) is 5.75 Å². The van der Waals surface area contributed by atoms with Gasteiger partial charge in [-0.1, -0.05) is 15.9 Å². The summed E-state index contributed by atoms with van der Waals surface area (Å²) < 4.78 is 6.04. The Balaban J connectivity index is 1.94. The third-order valence-corrected chi connectivity index (χ3v) is 4.21. The van der Waals surface area contributed by atoms with E-state index in [9.17, 15) is 9.59 Å². The predicted octanol–water partition coefficient (Wildman–Crippen LogP) is 2.24. The maximum Gasteiger partial charge on any atom is 0.223 e. The molecule has 1 N–H and O–H groups in total. The van der Waals surface area contributed by atoms with E-state index in [1.165, 1.54) is 7.11 Å². The first-order valence-electron chi connectivity index (χ1n) is 7.47. The van der Waals surface area contributed by atoms with Gasteiger partial charge in [-0.15, -0.1) is 0 Å². The topological polar surface area (TPSA) is 58.6 Å². The van der Waals surface area contributed by atoms with E-state index in [4.69, 9.17) is 4.74 Å². The van der Waals surface area contributed by atoms with Gasteiger partial charge in [-0.05, 0) is 31.2 Å². The lowest BCUT2D eigenvalue weighted by molar-refractivity contribution is -0.130. The van der Waals surface area contributed by atoms with Gasteiger partial charge in [0, 0.05) is 36.9 Å². The molecule has 1 amide bonds. The highest BCUT2D eigenvalue weighted by molar-refractivity contribution is 9.10. The summed E-state index contributed by atoms with van der Waals surface area (Å²) >= 11 is 3.36. The van der Waals surface area contributed by atoms with E-state index in [1.807, 2.05) is 11.0 Å². The fraction of sp³-hybridized carbons (Fsp3) is 0.500. The Labute approximate surface area is 139 Å². The smallest absolute Gasteiger partial charge is 0.223 e. The second kappa shape index (κ2) is 8.29. The third kappa shape index (κ3) is 4.55. The van der Waals surface area contributed by atoms with Gasteiger partial charge in [-0.25, -0.2) is 0 Å². The molecule has 2 rings (SSSR count). The average Bonchev–Trinajstić information content (AvgIpc) is 2.81. The van der Waals surface area contributed by atoms with Crippen LogP contribution in [0.5, 0.6) is 5.75 Å². The molecule has 0 atom stereocenters. The Hall–Kier alpha value is -1.40. The van der Waals surface area contributed by atoms with E-state index in [2.05, 4.69) is 21.2 Å². The lowest BCUT2D eigenvalue weighted by Crippen LogP contribution is -2.34. The second-order valence-corrected chi connectivity index (χ2v) is 6.17. The molecule has 1 heterocycles. The number of nitrogens with one attached hydrogen (secondary N) is 1. The maximum atomic E-state index is 12.3. The number of halogens is 1. The molecular weight excluding hydrogens is 348 g/mol. The van der Waals surface area contributed by atoms with Crippen molar-refractivity contribution < 1.29 is 14.3 Å². The van der Waals surface area contributed by atoms with Gasteiger partial charge in [0.15, 0.2) is 5.78 Å². The van der Waals surface area contributed by atoms with Crippen LogP contribution in [0, 0.1) is 0 Å². The van der Waals surface area contributed by atoms with Gasteiger partial charge in [0.25, 0.3) is 0 Å². The minimum atomic E-state index is -0.0700. The molecule has 0 aliphatic carbocycles. The first kappa shape index (κ1) is 17.0. The Bertz CT molecular complexity index is 540. The Morgan fingerprint density at radius 3 is 2.86 bits per heavy atom. The zero-order valence-corrected chi connectivity index (χ0v) is 14.3. The van der Waals surface area contributed by atoms with Crippen molar-refractivity contribution in [2.75, 3.05) is 33.3 Å². The summed E-state index contributed by atoms with van der Waals surface area (Å²) in [7, 11) is 1.54. The summed E-state index contributed by atoms with van der Waals surface area (Å²) in [6, 6.07) is 5.31. The second-order valence-electron chi connectivity index (χ2n) is 5.25. The Kier molecular flexibility index (Phi) is 6.39. The molecular formula is C16H21BrN2O3. The number of amides is 1. The molecule has 120 valence electrons. The van der Waals surface area contributed by atoms with Gasteiger partial charge >= 0.3 is 0 Å². The molecule has 0 spiro atoms. The zero-order valence-electron chi connectivity index (χ0n) is 12.7. The zero-order chi connectivity index (χ0) is 15.9. The summed E-state index contributed by atoms with van der Waals surface area (Å²) in [6.45, 7) is 3.24. The van der Waals surface area contributed by atoms with Crippen molar-refractivity contribution in [2.24, 2.45) is 0 Å². The molecule has 5 nitrogen and oxygen atoms in total. The fourth-order valence-corrected chi connectivity index (χ4v) is 2.87. The largest absolute Gasteiger partial charge is 0.496 e. The van der Waals surface area contributed by atoms with Crippen LogP contribution in [0.25, 0.3) is 0 Å². The molecule has 1 aliphatic heterocycles. The van der Waals surface area contributed by atoms with E-state index in [1.54, 1.807) is 12.1 Å². The minimum Gasteiger partial charge on any atom is -0.496 e. The van der Waals surface area contributed by atoms with E-state index in [0.717, 1.165) is 30.5 Å². The fourth-order valence-electron chi connectivity index (χ4n) is 2.51. The molecule has 1 aliphatic rings. The highest BCUT2D eigenvalue weighted by Crippen LogP contribution is 2.24. The van der Waals surface area contributed by atoms with Crippen LogP contribution in [-0.2, 0) is 4.79 Å². The van der Waals surface area contributed by atoms with Crippen LogP contribution >= 0.6 is 15.9 Å². The monoisotopic (exact) mass is 368 g/mol. The molecule has 0 saturated carbocycles. The lowest BCUT2D eigenvalue weighted by Gasteiger charge is -2.19. The van der Waals surface area contributed by atoms with E-state index in [-0.39, 0.29) is 24.5 Å². The van der Waals surface area contributed by atoms with Crippen LogP contribution in [0.2, 0.25) is 0 Å². The summed E-state index contributed by atoms with van der Waals surface area (Å²) in [6.07, 6.45) is 1.41. The van der Waals surface area contributed by atoms with Gasteiger partial charge in [0.05, 0.1) is 12.7 Å². The van der Waals surface area contributed by atoms with Crippen LogP contribution in [0.3, 0.4) is 0 Å². The number of rotatable bonds is 5. The van der Waals surface area contributed by atoms with Crippen molar-refractivity contribution in [1.29, 1.82) is 0 Å².